The van der Waals surface area contributed by atoms with Gasteiger partial charge in [-0.05, 0) is 42.0 Å². The number of rotatable bonds is 3. The van der Waals surface area contributed by atoms with Crippen molar-refractivity contribution in [2.24, 2.45) is 0 Å². The van der Waals surface area contributed by atoms with E-state index >= 15 is 0 Å². The highest BCUT2D eigenvalue weighted by Crippen LogP contribution is 2.45. The maximum atomic E-state index is 5.24. The molecule has 0 amide bonds. The number of hydrogen-bond acceptors (Lipinski definition) is 3. The lowest BCUT2D eigenvalue weighted by molar-refractivity contribution is 1.01. The molecule has 0 unspecified atom stereocenters. The van der Waals surface area contributed by atoms with Crippen LogP contribution in [-0.4, -0.2) is 18.9 Å². The molecule has 0 spiro atoms. The lowest BCUT2D eigenvalue weighted by atomic mass is 10.1. The van der Waals surface area contributed by atoms with E-state index in [2.05, 4.69) is 142 Å². The molecular formula is C42H24N4S. The Kier molecular flexibility index (Phi) is 4.96. The van der Waals surface area contributed by atoms with Crippen LogP contribution in [0.4, 0.5) is 0 Å². The predicted molar refractivity (Wildman–Crippen MR) is 197 cm³/mol. The Labute approximate surface area is 272 Å². The number of nitrogens with zero attached hydrogens (tertiary/aromatic N) is 4. The van der Waals surface area contributed by atoms with Crippen molar-refractivity contribution < 1.29 is 0 Å². The van der Waals surface area contributed by atoms with Gasteiger partial charge in [0.2, 0.25) is 5.95 Å². The predicted octanol–water partition coefficient (Wildman–Crippen LogP) is 11.3. The van der Waals surface area contributed by atoms with E-state index in [0.717, 1.165) is 33.2 Å². The molecular weight excluding hydrogens is 593 g/mol. The molecule has 0 aliphatic heterocycles. The van der Waals surface area contributed by atoms with E-state index in [9.17, 15) is 0 Å². The topological polar surface area (TPSA) is 35.1 Å². The SMILES string of the molecule is c1ccc(-c2nc(-n3c4ccccc4c4cc(-c5cc6c(s5)c5cccc7c8ccccc8n6c75)ccc43)nc3ccccc23)cc1. The summed E-state index contributed by atoms with van der Waals surface area (Å²) in [7, 11) is 0. The van der Waals surface area contributed by atoms with Crippen molar-refractivity contribution in [2.45, 2.75) is 0 Å². The molecule has 0 bridgehead atoms. The molecule has 4 nitrogen and oxygen atoms in total. The summed E-state index contributed by atoms with van der Waals surface area (Å²) >= 11 is 1.88. The van der Waals surface area contributed by atoms with Gasteiger partial charge in [0.1, 0.15) is 0 Å². The Bertz CT molecular complexity index is 3020. The minimum Gasteiger partial charge on any atom is -0.307 e. The normalized spacial score (nSPS) is 12.3. The third-order valence-corrected chi connectivity index (χ3v) is 10.9. The lowest BCUT2D eigenvalue weighted by Gasteiger charge is -2.11. The van der Waals surface area contributed by atoms with E-state index in [1.165, 1.54) is 58.6 Å². The van der Waals surface area contributed by atoms with E-state index in [1.807, 2.05) is 23.5 Å². The summed E-state index contributed by atoms with van der Waals surface area (Å²) in [5.41, 5.74) is 10.2. The Morgan fingerprint density at radius 3 is 2.00 bits per heavy atom. The van der Waals surface area contributed by atoms with Crippen LogP contribution in [0.15, 0.2) is 146 Å². The second-order valence-electron chi connectivity index (χ2n) is 12.2. The molecule has 0 atom stereocenters. The van der Waals surface area contributed by atoms with Gasteiger partial charge in [-0.2, -0.15) is 0 Å². The van der Waals surface area contributed by atoms with Crippen LogP contribution < -0.4 is 0 Å². The van der Waals surface area contributed by atoms with Crippen LogP contribution >= 0.6 is 11.3 Å². The van der Waals surface area contributed by atoms with Crippen molar-refractivity contribution in [1.29, 1.82) is 0 Å². The number of aromatic nitrogens is 4. The van der Waals surface area contributed by atoms with Gasteiger partial charge in [-0.1, -0.05) is 109 Å². The van der Waals surface area contributed by atoms with Gasteiger partial charge in [-0.3, -0.25) is 4.57 Å². The maximum absolute atomic E-state index is 5.24. The fourth-order valence-electron chi connectivity index (χ4n) is 7.66. The van der Waals surface area contributed by atoms with E-state index in [0.29, 0.717) is 5.95 Å². The average molecular weight is 617 g/mol. The van der Waals surface area contributed by atoms with Gasteiger partial charge in [-0.15, -0.1) is 11.3 Å². The van der Waals surface area contributed by atoms with Gasteiger partial charge < -0.3 is 4.40 Å². The standard InChI is InChI=1S/C42H24N4S/c1-2-11-25(12-3-1)39-30-15-4-7-18-33(30)43-42(44-39)46-35-20-9-6-14-28(35)32-23-26(21-22-36(32)46)38-24-37-41(47-38)31-17-10-16-29-27-13-5-8-19-34(27)45(37)40(29)31/h1-24H. The fourth-order valence-corrected chi connectivity index (χ4v) is 8.82. The van der Waals surface area contributed by atoms with Crippen molar-refractivity contribution in [3.63, 3.8) is 0 Å². The number of fused-ring (bicyclic) bond motifs is 10. The summed E-state index contributed by atoms with van der Waals surface area (Å²) in [6.07, 6.45) is 0. The smallest absolute Gasteiger partial charge is 0.235 e. The second kappa shape index (κ2) is 9.25. The molecule has 5 heteroatoms. The highest BCUT2D eigenvalue weighted by molar-refractivity contribution is 7.23. The molecule has 0 saturated heterocycles. The lowest BCUT2D eigenvalue weighted by Crippen LogP contribution is -2.03. The van der Waals surface area contributed by atoms with Gasteiger partial charge in [0.05, 0.1) is 43.5 Å². The number of para-hydroxylation sites is 4. The highest BCUT2D eigenvalue weighted by atomic mass is 32.1. The summed E-state index contributed by atoms with van der Waals surface area (Å²) in [4.78, 5) is 11.6. The van der Waals surface area contributed by atoms with Crippen molar-refractivity contribution in [3.05, 3.63) is 146 Å². The molecule has 0 aliphatic carbocycles. The van der Waals surface area contributed by atoms with Crippen LogP contribution in [0.25, 0.3) is 97.8 Å². The minimum atomic E-state index is 0.678. The molecule has 0 saturated carbocycles. The molecule has 0 N–H and O–H groups in total. The first-order valence-corrected chi connectivity index (χ1v) is 16.7. The van der Waals surface area contributed by atoms with Crippen LogP contribution in [0.3, 0.4) is 0 Å². The quantitative estimate of drug-likeness (QED) is 0.198. The van der Waals surface area contributed by atoms with Gasteiger partial charge in [0.25, 0.3) is 0 Å². The molecule has 11 rings (SSSR count). The summed E-state index contributed by atoms with van der Waals surface area (Å²) in [6.45, 7) is 0. The first kappa shape index (κ1) is 25.2. The summed E-state index contributed by atoms with van der Waals surface area (Å²) in [5.74, 6) is 0.678. The van der Waals surface area contributed by atoms with E-state index in [4.69, 9.17) is 9.97 Å². The number of hydrogen-bond donors (Lipinski definition) is 0. The third kappa shape index (κ3) is 3.41. The molecule has 0 fully saturated rings. The Hall–Kier alpha value is -6.04. The largest absolute Gasteiger partial charge is 0.307 e. The second-order valence-corrected chi connectivity index (χ2v) is 13.3. The fraction of sp³-hybridized carbons (Fsp3) is 0. The van der Waals surface area contributed by atoms with Gasteiger partial charge >= 0.3 is 0 Å². The molecule has 0 aliphatic rings. The first-order valence-electron chi connectivity index (χ1n) is 15.8. The Morgan fingerprint density at radius 2 is 1.13 bits per heavy atom. The molecule has 5 aromatic heterocycles. The Morgan fingerprint density at radius 1 is 0.447 bits per heavy atom. The highest BCUT2D eigenvalue weighted by Gasteiger charge is 2.21. The van der Waals surface area contributed by atoms with Crippen LogP contribution in [0.5, 0.6) is 0 Å². The van der Waals surface area contributed by atoms with Crippen molar-refractivity contribution in [3.8, 4) is 27.6 Å². The number of benzene rings is 6. The first-order chi connectivity index (χ1) is 23.3. The summed E-state index contributed by atoms with van der Waals surface area (Å²) in [6, 6.07) is 52.0. The van der Waals surface area contributed by atoms with Crippen LogP contribution in [-0.2, 0) is 0 Å². The number of thiophene rings is 1. The summed E-state index contributed by atoms with van der Waals surface area (Å²) in [5, 5.41) is 7.39. The minimum absolute atomic E-state index is 0.678. The van der Waals surface area contributed by atoms with Crippen LogP contribution in [0.2, 0.25) is 0 Å². The van der Waals surface area contributed by atoms with E-state index in [1.54, 1.807) is 0 Å². The van der Waals surface area contributed by atoms with Crippen molar-refractivity contribution in [2.75, 3.05) is 0 Å². The summed E-state index contributed by atoms with van der Waals surface area (Å²) < 4.78 is 6.02. The van der Waals surface area contributed by atoms with Crippen LogP contribution in [0.1, 0.15) is 0 Å². The molecule has 11 aromatic rings. The zero-order valence-electron chi connectivity index (χ0n) is 25.1. The van der Waals surface area contributed by atoms with Gasteiger partial charge in [0, 0.05) is 42.8 Å². The van der Waals surface area contributed by atoms with Crippen LogP contribution in [0, 0.1) is 0 Å². The maximum Gasteiger partial charge on any atom is 0.235 e. The Balaban J connectivity index is 1.15. The zero-order chi connectivity index (χ0) is 30.6. The molecule has 47 heavy (non-hydrogen) atoms. The molecule has 6 aromatic carbocycles. The van der Waals surface area contributed by atoms with E-state index in [-0.39, 0.29) is 0 Å². The van der Waals surface area contributed by atoms with Gasteiger partial charge in [-0.25, -0.2) is 9.97 Å². The third-order valence-electron chi connectivity index (χ3n) is 9.69. The monoisotopic (exact) mass is 616 g/mol. The van der Waals surface area contributed by atoms with Crippen molar-refractivity contribution in [1.82, 2.24) is 18.9 Å². The van der Waals surface area contributed by atoms with Crippen molar-refractivity contribution >= 4 is 81.5 Å². The van der Waals surface area contributed by atoms with Gasteiger partial charge in [0.15, 0.2) is 0 Å². The molecule has 0 radical (unpaired) electrons. The zero-order valence-corrected chi connectivity index (χ0v) is 25.9. The molecule has 218 valence electrons. The molecule has 5 heterocycles. The van der Waals surface area contributed by atoms with E-state index < -0.39 is 0 Å². The average Bonchev–Trinajstić information content (AvgIpc) is 3.88.